The standard InChI is InChI=1S/C20H25FN2O2S/c1-2-20(23-12-11-17-5-3-4-6-18(17)14-23)13-22-26(24,25)15-16-7-9-19(21)10-8-16/h3-10,20,22H,2,11-15H2,1H3/t20-/m1/s1. The maximum atomic E-state index is 13.0. The van der Waals surface area contributed by atoms with Crippen LogP contribution in [0.15, 0.2) is 48.5 Å². The lowest BCUT2D eigenvalue weighted by Crippen LogP contribution is -2.45. The minimum absolute atomic E-state index is 0.132. The van der Waals surface area contributed by atoms with Crippen molar-refractivity contribution in [2.45, 2.75) is 38.1 Å². The Morgan fingerprint density at radius 2 is 1.81 bits per heavy atom. The third-order valence-electron chi connectivity index (χ3n) is 4.96. The van der Waals surface area contributed by atoms with E-state index in [9.17, 15) is 12.8 Å². The molecule has 0 radical (unpaired) electrons. The molecule has 0 saturated carbocycles. The molecule has 1 N–H and O–H groups in total. The molecule has 0 amide bonds. The molecule has 4 nitrogen and oxygen atoms in total. The summed E-state index contributed by atoms with van der Waals surface area (Å²) in [7, 11) is -3.45. The molecule has 26 heavy (non-hydrogen) atoms. The molecule has 0 aliphatic carbocycles. The van der Waals surface area contributed by atoms with Gasteiger partial charge in [-0.3, -0.25) is 4.90 Å². The highest BCUT2D eigenvalue weighted by atomic mass is 32.2. The lowest BCUT2D eigenvalue weighted by atomic mass is 9.98. The third kappa shape index (κ3) is 4.90. The molecule has 1 aliphatic rings. The Hall–Kier alpha value is -1.76. The highest BCUT2D eigenvalue weighted by molar-refractivity contribution is 7.88. The fourth-order valence-corrected chi connectivity index (χ4v) is 4.61. The van der Waals surface area contributed by atoms with Crippen LogP contribution in [-0.4, -0.2) is 32.4 Å². The van der Waals surface area contributed by atoms with Crippen LogP contribution in [0.3, 0.4) is 0 Å². The van der Waals surface area contributed by atoms with Gasteiger partial charge in [-0.05, 0) is 41.7 Å². The average molecular weight is 376 g/mol. The first kappa shape index (κ1) is 19.0. The van der Waals surface area contributed by atoms with E-state index in [0.29, 0.717) is 12.1 Å². The molecule has 0 fully saturated rings. The zero-order valence-corrected chi connectivity index (χ0v) is 15.8. The summed E-state index contributed by atoms with van der Waals surface area (Å²) in [5.74, 6) is -0.498. The topological polar surface area (TPSA) is 49.4 Å². The summed E-state index contributed by atoms with van der Waals surface area (Å²) >= 11 is 0. The normalized spacial score (nSPS) is 16.2. The fraction of sp³-hybridized carbons (Fsp3) is 0.400. The Morgan fingerprint density at radius 3 is 2.50 bits per heavy atom. The highest BCUT2D eigenvalue weighted by Crippen LogP contribution is 2.21. The molecule has 0 spiro atoms. The largest absolute Gasteiger partial charge is 0.295 e. The van der Waals surface area contributed by atoms with Gasteiger partial charge in [-0.2, -0.15) is 0 Å². The van der Waals surface area contributed by atoms with Gasteiger partial charge in [0.15, 0.2) is 0 Å². The van der Waals surface area contributed by atoms with Gasteiger partial charge in [0, 0.05) is 25.7 Å². The number of rotatable bonds is 7. The van der Waals surface area contributed by atoms with Crippen LogP contribution < -0.4 is 4.72 Å². The Morgan fingerprint density at radius 1 is 1.12 bits per heavy atom. The first-order valence-corrected chi connectivity index (χ1v) is 10.6. The van der Waals surface area contributed by atoms with Gasteiger partial charge in [0.25, 0.3) is 0 Å². The van der Waals surface area contributed by atoms with Crippen LogP contribution in [0.25, 0.3) is 0 Å². The Labute approximate surface area is 155 Å². The second-order valence-electron chi connectivity index (χ2n) is 6.79. The van der Waals surface area contributed by atoms with Crippen molar-refractivity contribution in [2.75, 3.05) is 13.1 Å². The maximum absolute atomic E-state index is 13.0. The van der Waals surface area contributed by atoms with Gasteiger partial charge in [0.2, 0.25) is 10.0 Å². The van der Waals surface area contributed by atoms with Crippen LogP contribution in [-0.2, 0) is 28.7 Å². The minimum atomic E-state index is -3.45. The average Bonchev–Trinajstić information content (AvgIpc) is 2.64. The number of fused-ring (bicyclic) bond motifs is 1. The molecule has 0 aromatic heterocycles. The van der Waals surface area contributed by atoms with Crippen molar-refractivity contribution in [3.63, 3.8) is 0 Å². The summed E-state index contributed by atoms with van der Waals surface area (Å²) in [5, 5.41) is 0. The van der Waals surface area contributed by atoms with E-state index in [-0.39, 0.29) is 17.6 Å². The molecule has 6 heteroatoms. The van der Waals surface area contributed by atoms with Gasteiger partial charge in [-0.1, -0.05) is 43.3 Å². The predicted octanol–water partition coefficient (Wildman–Crippen LogP) is 3.08. The van der Waals surface area contributed by atoms with Gasteiger partial charge in [-0.15, -0.1) is 0 Å². The molecule has 1 aliphatic heterocycles. The molecule has 1 heterocycles. The molecule has 1 atom stereocenters. The number of sulfonamides is 1. The van der Waals surface area contributed by atoms with Crippen LogP contribution in [0, 0.1) is 5.82 Å². The first-order valence-electron chi connectivity index (χ1n) is 8.99. The zero-order valence-electron chi connectivity index (χ0n) is 15.0. The van der Waals surface area contributed by atoms with Gasteiger partial charge < -0.3 is 0 Å². The lowest BCUT2D eigenvalue weighted by Gasteiger charge is -2.35. The minimum Gasteiger partial charge on any atom is -0.295 e. The van der Waals surface area contributed by atoms with Gasteiger partial charge >= 0.3 is 0 Å². The van der Waals surface area contributed by atoms with E-state index in [1.807, 2.05) is 0 Å². The smallest absolute Gasteiger partial charge is 0.215 e. The molecule has 0 bridgehead atoms. The quantitative estimate of drug-likeness (QED) is 0.808. The van der Waals surface area contributed by atoms with Crippen molar-refractivity contribution < 1.29 is 12.8 Å². The number of benzene rings is 2. The first-order chi connectivity index (χ1) is 12.5. The molecule has 0 saturated heterocycles. The molecule has 140 valence electrons. The van der Waals surface area contributed by atoms with Gasteiger partial charge in [0.1, 0.15) is 5.82 Å². The van der Waals surface area contributed by atoms with E-state index < -0.39 is 10.0 Å². The summed E-state index contributed by atoms with van der Waals surface area (Å²) in [6.45, 7) is 4.27. The van der Waals surface area contributed by atoms with Crippen molar-refractivity contribution in [3.8, 4) is 0 Å². The monoisotopic (exact) mass is 376 g/mol. The SMILES string of the molecule is CC[C@H](CNS(=O)(=O)Cc1ccc(F)cc1)N1CCc2ccccc2C1. The zero-order chi connectivity index (χ0) is 18.6. The number of hydrogen-bond acceptors (Lipinski definition) is 3. The molecule has 0 unspecified atom stereocenters. The number of halogens is 1. The van der Waals surface area contributed by atoms with Crippen LogP contribution >= 0.6 is 0 Å². The molecule has 2 aromatic rings. The number of nitrogens with zero attached hydrogens (tertiary/aromatic N) is 1. The second-order valence-corrected chi connectivity index (χ2v) is 8.59. The Kier molecular flexibility index (Phi) is 6.06. The lowest BCUT2D eigenvalue weighted by molar-refractivity contribution is 0.175. The van der Waals surface area contributed by atoms with Gasteiger partial charge in [0.05, 0.1) is 5.75 Å². The summed E-state index contributed by atoms with van der Waals surface area (Å²) < 4.78 is 40.4. The van der Waals surface area contributed by atoms with E-state index in [1.165, 1.54) is 35.4 Å². The van der Waals surface area contributed by atoms with Crippen molar-refractivity contribution in [1.29, 1.82) is 0 Å². The van der Waals surface area contributed by atoms with E-state index in [1.54, 1.807) is 0 Å². The summed E-state index contributed by atoms with van der Waals surface area (Å²) in [5.41, 5.74) is 3.29. The van der Waals surface area contributed by atoms with Crippen molar-refractivity contribution in [1.82, 2.24) is 9.62 Å². The summed E-state index contributed by atoms with van der Waals surface area (Å²) in [6.07, 6.45) is 1.87. The Balaban J connectivity index is 1.59. The third-order valence-corrected chi connectivity index (χ3v) is 6.28. The van der Waals surface area contributed by atoms with Crippen LogP contribution in [0.2, 0.25) is 0 Å². The van der Waals surface area contributed by atoms with Crippen LogP contribution in [0.5, 0.6) is 0 Å². The fourth-order valence-electron chi connectivity index (χ4n) is 3.44. The van der Waals surface area contributed by atoms with Gasteiger partial charge in [-0.25, -0.2) is 17.5 Å². The van der Waals surface area contributed by atoms with E-state index >= 15 is 0 Å². The van der Waals surface area contributed by atoms with Crippen LogP contribution in [0.1, 0.15) is 30.0 Å². The highest BCUT2D eigenvalue weighted by Gasteiger charge is 2.23. The summed E-state index contributed by atoms with van der Waals surface area (Å²) in [4.78, 5) is 2.35. The van der Waals surface area contributed by atoms with Crippen molar-refractivity contribution in [3.05, 3.63) is 71.0 Å². The Bertz CT molecular complexity index is 837. The number of nitrogens with one attached hydrogen (secondary N) is 1. The van der Waals surface area contributed by atoms with E-state index in [0.717, 1.165) is 25.9 Å². The molecule has 2 aromatic carbocycles. The number of hydrogen-bond donors (Lipinski definition) is 1. The summed E-state index contributed by atoms with van der Waals surface area (Å²) in [6, 6.07) is 14.2. The van der Waals surface area contributed by atoms with Crippen LogP contribution in [0.4, 0.5) is 4.39 Å². The van der Waals surface area contributed by atoms with Crippen molar-refractivity contribution in [2.24, 2.45) is 0 Å². The maximum Gasteiger partial charge on any atom is 0.215 e. The molecule has 3 rings (SSSR count). The van der Waals surface area contributed by atoms with E-state index in [4.69, 9.17) is 0 Å². The second kappa shape index (κ2) is 8.29. The van der Waals surface area contributed by atoms with Crippen molar-refractivity contribution >= 4 is 10.0 Å². The van der Waals surface area contributed by atoms with E-state index in [2.05, 4.69) is 40.8 Å². The molecular formula is C20H25FN2O2S. The predicted molar refractivity (Wildman–Crippen MR) is 102 cm³/mol. The molecular weight excluding hydrogens is 351 g/mol.